The summed E-state index contributed by atoms with van der Waals surface area (Å²) in [6, 6.07) is 0. The van der Waals surface area contributed by atoms with E-state index >= 15 is 0 Å². The third-order valence-electron chi connectivity index (χ3n) is 1.89. The van der Waals surface area contributed by atoms with E-state index in [0.717, 1.165) is 6.42 Å². The molecule has 0 radical (unpaired) electrons. The van der Waals surface area contributed by atoms with E-state index in [0.29, 0.717) is 6.61 Å². The average molecular weight is 190 g/mol. The average Bonchev–Trinajstić information content (AvgIpc) is 2.07. The number of rotatable bonds is 4. The van der Waals surface area contributed by atoms with Gasteiger partial charge in [-0.05, 0) is 18.8 Å². The van der Waals surface area contributed by atoms with Gasteiger partial charge in [0.1, 0.15) is 0 Å². The van der Waals surface area contributed by atoms with Crippen LogP contribution in [0.3, 0.4) is 0 Å². The first-order valence-corrected chi connectivity index (χ1v) is 5.21. The van der Waals surface area contributed by atoms with Gasteiger partial charge in [0.05, 0.1) is 6.10 Å². The van der Waals surface area contributed by atoms with E-state index < -0.39 is 0 Å². The van der Waals surface area contributed by atoms with Crippen molar-refractivity contribution in [2.75, 3.05) is 13.2 Å². The van der Waals surface area contributed by atoms with Crippen LogP contribution in [0.15, 0.2) is 0 Å². The largest absolute Gasteiger partial charge is 0.396 e. The van der Waals surface area contributed by atoms with Crippen molar-refractivity contribution in [2.45, 2.75) is 54.1 Å². The summed E-state index contributed by atoms with van der Waals surface area (Å²) < 4.78 is 5.49. The van der Waals surface area contributed by atoms with Crippen molar-refractivity contribution in [1.82, 2.24) is 0 Å². The van der Waals surface area contributed by atoms with Gasteiger partial charge in [-0.2, -0.15) is 0 Å². The van der Waals surface area contributed by atoms with Crippen LogP contribution in [0.4, 0.5) is 0 Å². The Kier molecular flexibility index (Phi) is 10.1. The standard InChI is InChI=1S/C9H20O2.C2H6/c1-8(9(2,3)4)11-7-5-6-10;1-2/h8,10H,5-7H2,1-4H3;1-2H3. The lowest BCUT2D eigenvalue weighted by molar-refractivity contribution is -0.00989. The molecule has 0 aromatic rings. The van der Waals surface area contributed by atoms with E-state index in [4.69, 9.17) is 9.84 Å². The Balaban J connectivity index is 0. The highest BCUT2D eigenvalue weighted by molar-refractivity contribution is 4.69. The summed E-state index contributed by atoms with van der Waals surface area (Å²) in [5, 5.41) is 8.50. The number of hydrogen-bond acceptors (Lipinski definition) is 2. The zero-order chi connectivity index (χ0) is 10.9. The van der Waals surface area contributed by atoms with Crippen molar-refractivity contribution < 1.29 is 9.84 Å². The van der Waals surface area contributed by atoms with Crippen molar-refractivity contribution in [3.63, 3.8) is 0 Å². The van der Waals surface area contributed by atoms with Crippen molar-refractivity contribution in [1.29, 1.82) is 0 Å². The fourth-order valence-corrected chi connectivity index (χ4v) is 0.575. The minimum atomic E-state index is 0.204. The molecule has 0 heterocycles. The number of ether oxygens (including phenoxy) is 1. The van der Waals surface area contributed by atoms with E-state index in [2.05, 4.69) is 27.7 Å². The van der Waals surface area contributed by atoms with Gasteiger partial charge in [0, 0.05) is 13.2 Å². The van der Waals surface area contributed by atoms with Crippen LogP contribution in [-0.2, 0) is 4.74 Å². The highest BCUT2D eigenvalue weighted by Gasteiger charge is 2.19. The van der Waals surface area contributed by atoms with Crippen molar-refractivity contribution >= 4 is 0 Å². The Morgan fingerprint density at radius 1 is 1.23 bits per heavy atom. The molecule has 0 amide bonds. The fourth-order valence-electron chi connectivity index (χ4n) is 0.575. The van der Waals surface area contributed by atoms with Crippen molar-refractivity contribution in [2.24, 2.45) is 5.41 Å². The Morgan fingerprint density at radius 3 is 2.00 bits per heavy atom. The van der Waals surface area contributed by atoms with Crippen LogP contribution in [0, 0.1) is 5.41 Å². The van der Waals surface area contributed by atoms with Crippen molar-refractivity contribution in [3.05, 3.63) is 0 Å². The number of aliphatic hydroxyl groups excluding tert-OH is 1. The smallest absolute Gasteiger partial charge is 0.0595 e. The minimum absolute atomic E-state index is 0.204. The summed E-state index contributed by atoms with van der Waals surface area (Å²) >= 11 is 0. The lowest BCUT2D eigenvalue weighted by atomic mass is 9.90. The predicted molar refractivity (Wildman–Crippen MR) is 57.9 cm³/mol. The SMILES string of the molecule is CC.CC(OCCCO)C(C)(C)C. The van der Waals surface area contributed by atoms with Crippen LogP contribution in [-0.4, -0.2) is 24.4 Å². The normalized spacial score (nSPS) is 13.2. The Labute approximate surface area is 83.3 Å². The second kappa shape index (κ2) is 8.52. The first kappa shape index (κ1) is 15.4. The molecule has 0 rings (SSSR count). The maximum absolute atomic E-state index is 8.50. The highest BCUT2D eigenvalue weighted by atomic mass is 16.5. The molecule has 0 saturated heterocycles. The zero-order valence-corrected chi connectivity index (χ0v) is 10.1. The second-order valence-corrected chi connectivity index (χ2v) is 3.96. The third kappa shape index (κ3) is 9.84. The van der Waals surface area contributed by atoms with Crippen LogP contribution >= 0.6 is 0 Å². The van der Waals surface area contributed by atoms with E-state index in [1.807, 2.05) is 13.8 Å². The first-order chi connectivity index (χ1) is 5.98. The van der Waals surface area contributed by atoms with Crippen LogP contribution in [0.2, 0.25) is 0 Å². The maximum Gasteiger partial charge on any atom is 0.0595 e. The summed E-state index contributed by atoms with van der Waals surface area (Å²) in [6.07, 6.45) is 0.995. The Bertz CT molecular complexity index is 94.8. The molecule has 0 aromatic carbocycles. The Hall–Kier alpha value is -0.0800. The monoisotopic (exact) mass is 190 g/mol. The molecule has 2 nitrogen and oxygen atoms in total. The Morgan fingerprint density at radius 2 is 1.69 bits per heavy atom. The summed E-state index contributed by atoms with van der Waals surface area (Å²) in [6.45, 7) is 13.4. The zero-order valence-electron chi connectivity index (χ0n) is 10.1. The van der Waals surface area contributed by atoms with Crippen LogP contribution in [0.25, 0.3) is 0 Å². The van der Waals surface area contributed by atoms with Gasteiger partial charge in [0.2, 0.25) is 0 Å². The van der Waals surface area contributed by atoms with Crippen LogP contribution < -0.4 is 0 Å². The molecule has 0 bridgehead atoms. The van der Waals surface area contributed by atoms with E-state index in [9.17, 15) is 0 Å². The molecule has 0 saturated carbocycles. The molecule has 1 N–H and O–H groups in total. The van der Waals surface area contributed by atoms with E-state index in [-0.39, 0.29) is 18.1 Å². The molecule has 0 fully saturated rings. The molecule has 2 heteroatoms. The summed E-state index contributed by atoms with van der Waals surface area (Å²) in [5.74, 6) is 0. The number of aliphatic hydroxyl groups is 1. The summed E-state index contributed by atoms with van der Waals surface area (Å²) in [4.78, 5) is 0. The molecule has 0 aromatic heterocycles. The molecule has 82 valence electrons. The van der Waals surface area contributed by atoms with Gasteiger partial charge < -0.3 is 9.84 Å². The molecule has 1 unspecified atom stereocenters. The summed E-state index contributed by atoms with van der Waals surface area (Å²) in [7, 11) is 0. The van der Waals surface area contributed by atoms with Gasteiger partial charge >= 0.3 is 0 Å². The van der Waals surface area contributed by atoms with E-state index in [1.54, 1.807) is 0 Å². The van der Waals surface area contributed by atoms with Gasteiger partial charge in [-0.1, -0.05) is 34.6 Å². The second-order valence-electron chi connectivity index (χ2n) is 3.96. The molecule has 0 spiro atoms. The van der Waals surface area contributed by atoms with Gasteiger partial charge in [0.25, 0.3) is 0 Å². The van der Waals surface area contributed by atoms with Gasteiger partial charge in [-0.3, -0.25) is 0 Å². The van der Waals surface area contributed by atoms with Crippen LogP contribution in [0.5, 0.6) is 0 Å². The fraction of sp³-hybridized carbons (Fsp3) is 1.00. The predicted octanol–water partition coefficient (Wildman–Crippen LogP) is 2.85. The van der Waals surface area contributed by atoms with E-state index in [1.165, 1.54) is 0 Å². The maximum atomic E-state index is 8.50. The highest BCUT2D eigenvalue weighted by Crippen LogP contribution is 2.21. The first-order valence-electron chi connectivity index (χ1n) is 5.21. The quantitative estimate of drug-likeness (QED) is 0.691. The lowest BCUT2D eigenvalue weighted by Crippen LogP contribution is -2.26. The van der Waals surface area contributed by atoms with Gasteiger partial charge in [0.15, 0.2) is 0 Å². The minimum Gasteiger partial charge on any atom is -0.396 e. The molecular formula is C11H26O2. The molecule has 13 heavy (non-hydrogen) atoms. The lowest BCUT2D eigenvalue weighted by Gasteiger charge is -2.27. The van der Waals surface area contributed by atoms with Crippen molar-refractivity contribution in [3.8, 4) is 0 Å². The number of hydrogen-bond donors (Lipinski definition) is 1. The van der Waals surface area contributed by atoms with Gasteiger partial charge in [-0.25, -0.2) is 0 Å². The molecular weight excluding hydrogens is 164 g/mol. The topological polar surface area (TPSA) is 29.5 Å². The molecule has 0 aliphatic heterocycles. The molecule has 1 atom stereocenters. The van der Waals surface area contributed by atoms with Gasteiger partial charge in [-0.15, -0.1) is 0 Å². The summed E-state index contributed by atoms with van der Waals surface area (Å²) in [5.41, 5.74) is 0.204. The molecule has 0 aliphatic carbocycles. The van der Waals surface area contributed by atoms with Crippen LogP contribution in [0.1, 0.15) is 48.0 Å². The third-order valence-corrected chi connectivity index (χ3v) is 1.89. The molecule has 0 aliphatic rings.